The predicted molar refractivity (Wildman–Crippen MR) is 69.7 cm³/mol. The molecular formula is C12H20N4O2. The molecule has 0 bridgehead atoms. The largest absolute Gasteiger partial charge is 0.362 e. The minimum Gasteiger partial charge on any atom is -0.362 e. The summed E-state index contributed by atoms with van der Waals surface area (Å²) in [5.74, 6) is 1.19. The fraction of sp³-hybridized carbons (Fsp3) is 0.750. The average Bonchev–Trinajstić information content (AvgIpc) is 3.07. The summed E-state index contributed by atoms with van der Waals surface area (Å²) in [7, 11) is 1.76. The number of hydrogen-bond donors (Lipinski definition) is 1. The van der Waals surface area contributed by atoms with E-state index in [9.17, 15) is 10.1 Å². The van der Waals surface area contributed by atoms with Gasteiger partial charge in [-0.25, -0.2) is 4.68 Å². The Morgan fingerprint density at radius 2 is 2.28 bits per heavy atom. The Bertz CT molecular complexity index is 451. The van der Waals surface area contributed by atoms with Gasteiger partial charge < -0.3 is 5.32 Å². The summed E-state index contributed by atoms with van der Waals surface area (Å²) in [6.07, 6.45) is 3.92. The molecule has 1 heterocycles. The van der Waals surface area contributed by atoms with E-state index in [-0.39, 0.29) is 16.7 Å². The summed E-state index contributed by atoms with van der Waals surface area (Å²) in [5.41, 5.74) is 0.724. The third-order valence-electron chi connectivity index (χ3n) is 3.45. The highest BCUT2D eigenvalue weighted by Crippen LogP contribution is 2.36. The molecule has 1 N–H and O–H groups in total. The molecule has 1 saturated carbocycles. The number of aryl methyl sites for hydroxylation is 2. The van der Waals surface area contributed by atoms with E-state index in [2.05, 4.69) is 17.3 Å². The number of nitrogens with zero attached hydrogens (tertiary/aromatic N) is 3. The van der Waals surface area contributed by atoms with Crippen LogP contribution >= 0.6 is 0 Å². The highest BCUT2D eigenvalue weighted by Gasteiger charge is 2.32. The molecule has 1 unspecified atom stereocenters. The molecule has 0 aromatic carbocycles. The maximum Gasteiger partial charge on any atom is 0.333 e. The van der Waals surface area contributed by atoms with Crippen molar-refractivity contribution in [2.24, 2.45) is 13.0 Å². The summed E-state index contributed by atoms with van der Waals surface area (Å²) >= 11 is 0. The number of anilines is 1. The zero-order valence-electron chi connectivity index (χ0n) is 11.1. The van der Waals surface area contributed by atoms with E-state index in [1.54, 1.807) is 11.7 Å². The van der Waals surface area contributed by atoms with Crippen LogP contribution in [-0.4, -0.2) is 20.7 Å². The van der Waals surface area contributed by atoms with Crippen molar-refractivity contribution < 1.29 is 4.92 Å². The molecule has 2 rings (SSSR count). The van der Waals surface area contributed by atoms with Crippen molar-refractivity contribution >= 4 is 11.5 Å². The van der Waals surface area contributed by atoms with Crippen LogP contribution in [0.25, 0.3) is 0 Å². The van der Waals surface area contributed by atoms with E-state index in [1.165, 1.54) is 12.8 Å². The smallest absolute Gasteiger partial charge is 0.333 e. The first-order valence-corrected chi connectivity index (χ1v) is 6.51. The molecule has 6 nitrogen and oxygen atoms in total. The molecule has 100 valence electrons. The summed E-state index contributed by atoms with van der Waals surface area (Å²) in [6, 6.07) is 0.272. The van der Waals surface area contributed by atoms with Gasteiger partial charge in [-0.05, 0) is 32.1 Å². The van der Waals surface area contributed by atoms with Crippen LogP contribution in [0.5, 0.6) is 0 Å². The van der Waals surface area contributed by atoms with Crippen LogP contribution in [-0.2, 0) is 13.5 Å². The van der Waals surface area contributed by atoms with Crippen LogP contribution in [0.1, 0.15) is 38.8 Å². The van der Waals surface area contributed by atoms with Crippen molar-refractivity contribution in [1.29, 1.82) is 0 Å². The number of nitro groups is 1. The van der Waals surface area contributed by atoms with Crippen LogP contribution in [0.2, 0.25) is 0 Å². The average molecular weight is 252 g/mol. The van der Waals surface area contributed by atoms with E-state index in [4.69, 9.17) is 0 Å². The highest BCUT2D eigenvalue weighted by atomic mass is 16.6. The summed E-state index contributed by atoms with van der Waals surface area (Å²) in [4.78, 5) is 10.9. The Balaban J connectivity index is 2.28. The molecule has 0 aliphatic heterocycles. The molecule has 1 fully saturated rings. The standard InChI is InChI=1S/C12H20N4O2/c1-4-5-10-11(16(17)18)12(15(3)14-10)13-8(2)9-6-7-9/h8-9,13H,4-7H2,1-3H3. The molecule has 1 aliphatic carbocycles. The summed E-state index contributed by atoms with van der Waals surface area (Å²) in [6.45, 7) is 4.08. The Morgan fingerprint density at radius 1 is 1.61 bits per heavy atom. The quantitative estimate of drug-likeness (QED) is 0.623. The zero-order valence-corrected chi connectivity index (χ0v) is 11.1. The molecule has 18 heavy (non-hydrogen) atoms. The monoisotopic (exact) mass is 252 g/mol. The topological polar surface area (TPSA) is 73.0 Å². The fourth-order valence-corrected chi connectivity index (χ4v) is 2.26. The first-order valence-electron chi connectivity index (χ1n) is 6.51. The molecule has 1 aromatic rings. The minimum absolute atomic E-state index is 0.145. The van der Waals surface area contributed by atoms with Crippen LogP contribution in [0.15, 0.2) is 0 Å². The second-order valence-electron chi connectivity index (χ2n) is 5.05. The number of aromatic nitrogens is 2. The van der Waals surface area contributed by atoms with Crippen molar-refractivity contribution in [1.82, 2.24) is 9.78 Å². The summed E-state index contributed by atoms with van der Waals surface area (Å²) in [5, 5.41) is 18.7. The van der Waals surface area contributed by atoms with Gasteiger partial charge in [0.05, 0.1) is 4.92 Å². The van der Waals surface area contributed by atoms with E-state index in [0.717, 1.165) is 6.42 Å². The van der Waals surface area contributed by atoms with Crippen molar-refractivity contribution in [3.05, 3.63) is 15.8 Å². The Labute approximate surface area is 107 Å². The van der Waals surface area contributed by atoms with Gasteiger partial charge in [0.15, 0.2) is 0 Å². The van der Waals surface area contributed by atoms with Gasteiger partial charge in [-0.2, -0.15) is 5.10 Å². The first kappa shape index (κ1) is 12.9. The SMILES string of the molecule is CCCc1nn(C)c(NC(C)C2CC2)c1[N+](=O)[O-]. The number of hydrogen-bond acceptors (Lipinski definition) is 4. The van der Waals surface area contributed by atoms with E-state index in [0.29, 0.717) is 23.9 Å². The van der Waals surface area contributed by atoms with Crippen molar-refractivity contribution in [2.75, 3.05) is 5.32 Å². The molecular weight excluding hydrogens is 232 g/mol. The Hall–Kier alpha value is -1.59. The first-order chi connectivity index (χ1) is 8.54. The lowest BCUT2D eigenvalue weighted by atomic mass is 10.2. The Kier molecular flexibility index (Phi) is 3.54. The van der Waals surface area contributed by atoms with Crippen LogP contribution in [0, 0.1) is 16.0 Å². The van der Waals surface area contributed by atoms with Crippen molar-refractivity contribution in [2.45, 2.75) is 45.6 Å². The molecule has 1 atom stereocenters. The van der Waals surface area contributed by atoms with Crippen LogP contribution in [0.4, 0.5) is 11.5 Å². The predicted octanol–water partition coefficient (Wildman–Crippen LogP) is 2.49. The highest BCUT2D eigenvalue weighted by molar-refractivity contribution is 5.60. The van der Waals surface area contributed by atoms with Gasteiger partial charge in [0.1, 0.15) is 5.69 Å². The maximum absolute atomic E-state index is 11.2. The van der Waals surface area contributed by atoms with Crippen LogP contribution in [0.3, 0.4) is 0 Å². The van der Waals surface area contributed by atoms with E-state index in [1.807, 2.05) is 6.92 Å². The molecule has 1 aliphatic rings. The van der Waals surface area contributed by atoms with Crippen molar-refractivity contribution in [3.8, 4) is 0 Å². The fourth-order valence-electron chi connectivity index (χ4n) is 2.26. The summed E-state index contributed by atoms with van der Waals surface area (Å²) < 4.78 is 1.60. The second kappa shape index (κ2) is 4.96. The minimum atomic E-state index is -0.319. The van der Waals surface area contributed by atoms with Crippen molar-refractivity contribution in [3.63, 3.8) is 0 Å². The van der Waals surface area contributed by atoms with E-state index >= 15 is 0 Å². The van der Waals surface area contributed by atoms with Crippen LogP contribution < -0.4 is 5.32 Å². The molecule has 0 spiro atoms. The molecule has 0 radical (unpaired) electrons. The Morgan fingerprint density at radius 3 is 2.78 bits per heavy atom. The molecule has 1 aromatic heterocycles. The molecule has 6 heteroatoms. The number of rotatable bonds is 6. The van der Waals surface area contributed by atoms with Gasteiger partial charge in [-0.3, -0.25) is 10.1 Å². The van der Waals surface area contributed by atoms with Gasteiger partial charge in [-0.15, -0.1) is 0 Å². The second-order valence-corrected chi connectivity index (χ2v) is 5.05. The normalized spacial score (nSPS) is 16.6. The van der Waals surface area contributed by atoms with Gasteiger partial charge in [-0.1, -0.05) is 13.3 Å². The third kappa shape index (κ3) is 2.47. The molecule has 0 amide bonds. The number of nitrogens with one attached hydrogen (secondary N) is 1. The zero-order chi connectivity index (χ0) is 13.3. The maximum atomic E-state index is 11.2. The van der Waals surface area contributed by atoms with Gasteiger partial charge >= 0.3 is 5.69 Å². The third-order valence-corrected chi connectivity index (χ3v) is 3.45. The lowest BCUT2D eigenvalue weighted by Crippen LogP contribution is -2.20. The molecule has 0 saturated heterocycles. The van der Waals surface area contributed by atoms with Gasteiger partial charge in [0.2, 0.25) is 5.82 Å². The lowest BCUT2D eigenvalue weighted by molar-refractivity contribution is -0.384. The lowest BCUT2D eigenvalue weighted by Gasteiger charge is -2.13. The van der Waals surface area contributed by atoms with Gasteiger partial charge in [0, 0.05) is 13.1 Å². The van der Waals surface area contributed by atoms with Gasteiger partial charge in [0.25, 0.3) is 0 Å². The van der Waals surface area contributed by atoms with E-state index < -0.39 is 0 Å².